The molecule has 0 saturated carbocycles. The van der Waals surface area contributed by atoms with Crippen molar-refractivity contribution < 1.29 is 91.6 Å². The Labute approximate surface area is 426 Å². The molecule has 0 heterocycles. The number of unbranched alkanes of at least 4 members (excludes halogenated alkanes) is 8. The van der Waals surface area contributed by atoms with Crippen molar-refractivity contribution in [2.24, 2.45) is 0 Å². The van der Waals surface area contributed by atoms with Gasteiger partial charge in [0.1, 0.15) is 0 Å². The van der Waals surface area contributed by atoms with Crippen LogP contribution < -0.4 is 0 Å². The molecule has 17 N–H and O–H groups in total. The lowest BCUT2D eigenvalue weighted by molar-refractivity contribution is -0.132. The standard InChI is InChI=1S/8C6H14O2.C4H6O2/c8*1-2-3-4-6(8)5-7;1-3(2)4(5)6/h8*6-8H,2-5H2,1H3;1H2,2H3,(H,5,6). The Morgan fingerprint density at radius 1 is 0.300 bits per heavy atom. The quantitative estimate of drug-likeness (QED) is 0.0389. The van der Waals surface area contributed by atoms with Crippen molar-refractivity contribution in [2.45, 2.75) is 265 Å². The Bertz CT molecular complexity index is 697. The average molecular weight is 1030 g/mol. The Morgan fingerprint density at radius 3 is 0.429 bits per heavy atom. The monoisotopic (exact) mass is 1030 g/mol. The van der Waals surface area contributed by atoms with Crippen molar-refractivity contribution in [3.8, 4) is 0 Å². The summed E-state index contributed by atoms with van der Waals surface area (Å²) in [6.07, 6.45) is 18.6. The number of rotatable bonds is 33. The number of aliphatic carboxylic acids is 1. The van der Waals surface area contributed by atoms with Crippen LogP contribution in [0.1, 0.15) is 216 Å². The first-order valence-electron chi connectivity index (χ1n) is 26.3. The predicted octanol–water partition coefficient (Wildman–Crippen LogP) is 4.89. The van der Waals surface area contributed by atoms with Crippen molar-refractivity contribution >= 4 is 5.97 Å². The van der Waals surface area contributed by atoms with Gasteiger partial charge in [0, 0.05) is 5.57 Å². The first kappa shape index (κ1) is 88.2. The fraction of sp³-hybridized carbons (Fsp3) is 0.942. The van der Waals surface area contributed by atoms with Gasteiger partial charge in [-0.2, -0.15) is 0 Å². The lowest BCUT2D eigenvalue weighted by Crippen LogP contribution is -2.10. The van der Waals surface area contributed by atoms with Crippen LogP contribution in [0.25, 0.3) is 0 Å². The van der Waals surface area contributed by atoms with E-state index in [1.165, 1.54) is 6.92 Å². The van der Waals surface area contributed by atoms with Crippen LogP contribution in [0, 0.1) is 0 Å². The Balaban J connectivity index is -0.0000000855. The van der Waals surface area contributed by atoms with Crippen LogP contribution >= 0.6 is 0 Å². The van der Waals surface area contributed by atoms with Gasteiger partial charge in [0.05, 0.1) is 102 Å². The molecule has 8 unspecified atom stereocenters. The molecule has 434 valence electrons. The zero-order chi connectivity index (χ0) is 56.4. The van der Waals surface area contributed by atoms with Crippen LogP contribution in [-0.2, 0) is 4.79 Å². The Kier molecular flexibility index (Phi) is 103. The molecule has 0 aliphatic heterocycles. The van der Waals surface area contributed by atoms with Crippen LogP contribution in [0.2, 0.25) is 0 Å². The van der Waals surface area contributed by atoms with Gasteiger partial charge in [-0.05, 0) is 58.3 Å². The highest BCUT2D eigenvalue weighted by molar-refractivity contribution is 5.84. The summed E-state index contributed by atoms with van der Waals surface area (Å²) in [7, 11) is 0. The fourth-order valence-electron chi connectivity index (χ4n) is 4.25. The summed E-state index contributed by atoms with van der Waals surface area (Å²) in [6, 6.07) is 0. The Morgan fingerprint density at radius 2 is 0.386 bits per heavy atom. The topological polar surface area (TPSA) is 361 Å². The molecule has 0 aromatic carbocycles. The largest absolute Gasteiger partial charge is 0.478 e. The molecule has 0 spiro atoms. The van der Waals surface area contributed by atoms with E-state index in [4.69, 9.17) is 86.8 Å². The molecule has 8 atom stereocenters. The van der Waals surface area contributed by atoms with E-state index in [1.807, 2.05) is 0 Å². The normalized spacial score (nSPS) is 13.3. The van der Waals surface area contributed by atoms with Gasteiger partial charge in [0.15, 0.2) is 0 Å². The van der Waals surface area contributed by atoms with E-state index in [1.54, 1.807) is 0 Å². The van der Waals surface area contributed by atoms with Gasteiger partial charge in [-0.15, -0.1) is 0 Å². The maximum Gasteiger partial charge on any atom is 0.330 e. The van der Waals surface area contributed by atoms with Gasteiger partial charge in [-0.25, -0.2) is 4.79 Å². The molecular weight excluding hydrogens is 913 g/mol. The second-order valence-electron chi connectivity index (χ2n) is 16.9. The summed E-state index contributed by atoms with van der Waals surface area (Å²) < 4.78 is 0. The van der Waals surface area contributed by atoms with E-state index < -0.39 is 54.8 Å². The van der Waals surface area contributed by atoms with E-state index in [0.29, 0.717) is 0 Å². The number of hydrogen-bond donors (Lipinski definition) is 17. The van der Waals surface area contributed by atoms with E-state index in [-0.39, 0.29) is 58.4 Å². The predicted molar refractivity (Wildman–Crippen MR) is 283 cm³/mol. The van der Waals surface area contributed by atoms with Crippen molar-refractivity contribution in [2.75, 3.05) is 52.9 Å². The molecule has 0 amide bonds. The third-order valence-corrected chi connectivity index (χ3v) is 9.18. The Hall–Kier alpha value is -1.43. The first-order chi connectivity index (χ1) is 33.1. The van der Waals surface area contributed by atoms with Crippen LogP contribution in [0.5, 0.6) is 0 Å². The van der Waals surface area contributed by atoms with Crippen LogP contribution in [0.4, 0.5) is 0 Å². The molecule has 0 fully saturated rings. The summed E-state index contributed by atoms with van der Waals surface area (Å²) in [6.45, 7) is 20.3. The van der Waals surface area contributed by atoms with Gasteiger partial charge >= 0.3 is 5.97 Å². The summed E-state index contributed by atoms with van der Waals surface area (Å²) >= 11 is 0. The molecule has 0 saturated heterocycles. The minimum absolute atomic E-state index is 0.0972. The molecule has 0 aromatic rings. The molecule has 0 radical (unpaired) electrons. The average Bonchev–Trinajstić information content (AvgIpc) is 3.38. The van der Waals surface area contributed by atoms with E-state index in [0.717, 1.165) is 154 Å². The maximum absolute atomic E-state index is 9.60. The highest BCUT2D eigenvalue weighted by Crippen LogP contribution is 2.02. The fourth-order valence-corrected chi connectivity index (χ4v) is 4.25. The number of carbonyl (C=O) groups is 1. The molecule has 70 heavy (non-hydrogen) atoms. The number of aliphatic hydroxyl groups is 16. The SMILES string of the molecule is C=C(C)C(=O)O.CCCCC(O)CO.CCCCC(O)CO.CCCCC(O)CO.CCCCC(O)CO.CCCCC(O)CO.CCCCC(O)CO.CCCCC(O)CO.CCCCC(O)CO. The summed E-state index contributed by atoms with van der Waals surface area (Å²) in [5.41, 5.74) is 0.176. The van der Waals surface area contributed by atoms with E-state index in [9.17, 15) is 4.79 Å². The molecule has 0 aliphatic rings. The zero-order valence-electron chi connectivity index (χ0n) is 46.0. The van der Waals surface area contributed by atoms with Crippen LogP contribution in [0.15, 0.2) is 12.2 Å². The molecule has 0 aromatic heterocycles. The molecule has 0 bridgehead atoms. The lowest BCUT2D eigenvalue weighted by atomic mass is 10.2. The van der Waals surface area contributed by atoms with Crippen molar-refractivity contribution in [3.63, 3.8) is 0 Å². The van der Waals surface area contributed by atoms with Gasteiger partial charge < -0.3 is 86.8 Å². The maximum atomic E-state index is 9.60. The second kappa shape index (κ2) is 81.6. The number of aliphatic hydroxyl groups excluding tert-OH is 16. The van der Waals surface area contributed by atoms with Gasteiger partial charge in [0.2, 0.25) is 0 Å². The van der Waals surface area contributed by atoms with Gasteiger partial charge in [0.25, 0.3) is 0 Å². The van der Waals surface area contributed by atoms with Crippen molar-refractivity contribution in [1.82, 2.24) is 0 Å². The molecule has 0 aliphatic carbocycles. The highest BCUT2D eigenvalue weighted by Gasteiger charge is 2.02. The van der Waals surface area contributed by atoms with E-state index >= 15 is 0 Å². The van der Waals surface area contributed by atoms with Crippen LogP contribution in [-0.4, -0.2) is 194 Å². The van der Waals surface area contributed by atoms with Crippen LogP contribution in [0.3, 0.4) is 0 Å². The summed E-state index contributed by atoms with van der Waals surface area (Å²) in [5.74, 6) is -0.935. The number of carboxylic acids is 1. The number of hydrogen-bond acceptors (Lipinski definition) is 17. The molecule has 0 rings (SSSR count). The van der Waals surface area contributed by atoms with Gasteiger partial charge in [-0.3, -0.25) is 0 Å². The highest BCUT2D eigenvalue weighted by atomic mass is 16.4. The summed E-state index contributed by atoms with van der Waals surface area (Å²) in [5, 5.41) is 144. The zero-order valence-corrected chi connectivity index (χ0v) is 46.0. The minimum Gasteiger partial charge on any atom is -0.478 e. The minimum atomic E-state index is -0.935. The van der Waals surface area contributed by atoms with Crippen molar-refractivity contribution in [3.05, 3.63) is 12.2 Å². The van der Waals surface area contributed by atoms with E-state index in [2.05, 4.69) is 62.0 Å². The molecule has 18 nitrogen and oxygen atoms in total. The molecule has 18 heteroatoms. The third kappa shape index (κ3) is 112. The van der Waals surface area contributed by atoms with Crippen molar-refractivity contribution in [1.29, 1.82) is 0 Å². The summed E-state index contributed by atoms with van der Waals surface area (Å²) in [4.78, 5) is 9.60. The van der Waals surface area contributed by atoms with Gasteiger partial charge in [-0.1, -0.05) is 165 Å². The molecular formula is C52H118O18. The lowest BCUT2D eigenvalue weighted by Gasteiger charge is -2.02. The number of carboxylic acid groups (broad SMARTS) is 1. The first-order valence-corrected chi connectivity index (χ1v) is 26.3. The smallest absolute Gasteiger partial charge is 0.330 e. The third-order valence-electron chi connectivity index (χ3n) is 9.18. The second-order valence-corrected chi connectivity index (χ2v) is 16.9.